The second kappa shape index (κ2) is 8.50. The summed E-state index contributed by atoms with van der Waals surface area (Å²) >= 11 is 0. The summed E-state index contributed by atoms with van der Waals surface area (Å²) in [6, 6.07) is 8.37. The number of halogens is 8. The fraction of sp³-hybridized carbons (Fsp3) is 0.0952. The molecular weight excluding hydrogens is 462 g/mol. The van der Waals surface area contributed by atoms with Crippen LogP contribution in [0.3, 0.4) is 0 Å². The van der Waals surface area contributed by atoms with Crippen LogP contribution in [0.15, 0.2) is 54.1 Å². The van der Waals surface area contributed by atoms with Gasteiger partial charge in [0, 0.05) is 6.07 Å². The van der Waals surface area contributed by atoms with Crippen molar-refractivity contribution < 1.29 is 39.9 Å². The van der Waals surface area contributed by atoms with E-state index in [9.17, 15) is 45.2 Å². The molecule has 0 atom stereocenters. The highest BCUT2D eigenvalue weighted by atomic mass is 19.4. The van der Waals surface area contributed by atoms with Crippen LogP contribution in [0.25, 0.3) is 11.8 Å². The van der Waals surface area contributed by atoms with Crippen LogP contribution < -0.4 is 0 Å². The van der Waals surface area contributed by atoms with E-state index < -0.39 is 52.3 Å². The normalized spacial score (nSPS) is 12.5. The van der Waals surface area contributed by atoms with Gasteiger partial charge in [-0.15, -0.1) is 0 Å². The molecule has 0 saturated carbocycles. The summed E-state index contributed by atoms with van der Waals surface area (Å²) in [5.74, 6) is -3.90. The molecule has 0 aliphatic heterocycles. The largest absolute Gasteiger partial charge is 0.435 e. The first-order valence-corrected chi connectivity index (χ1v) is 8.78. The Morgan fingerprint density at radius 2 is 1.61 bits per heavy atom. The Bertz CT molecular complexity index is 1280. The zero-order chi connectivity index (χ0) is 24.6. The van der Waals surface area contributed by atoms with Gasteiger partial charge in [-0.1, -0.05) is 18.2 Å². The van der Waals surface area contributed by atoms with Crippen LogP contribution in [0, 0.1) is 23.0 Å². The summed E-state index contributed by atoms with van der Waals surface area (Å²) in [6.07, 6.45) is -9.28. The number of alkyl halides is 6. The summed E-state index contributed by atoms with van der Waals surface area (Å²) < 4.78 is 105. The van der Waals surface area contributed by atoms with Crippen molar-refractivity contribution >= 4 is 11.9 Å². The molecule has 0 amide bonds. The maximum atomic E-state index is 13.8. The number of hydrogen-bond acceptors (Lipinski definition) is 3. The standard InChI is InChI=1S/C21H9F8N3O/c22-15-3-1-2-14(18(15)23)19(33)12(10-30)8-11-4-6-13(7-5-11)32-17(21(27,28)29)9-16(31-32)20(24,25)26/h1-9H/b12-8+. The molecular formula is C21H9F8N3O. The van der Waals surface area contributed by atoms with Gasteiger partial charge in [-0.05, 0) is 35.9 Å². The summed E-state index contributed by atoms with van der Waals surface area (Å²) in [5.41, 5.74) is -5.01. The summed E-state index contributed by atoms with van der Waals surface area (Å²) in [7, 11) is 0. The fourth-order valence-electron chi connectivity index (χ4n) is 2.77. The smallest absolute Gasteiger partial charge is 0.288 e. The molecule has 1 aromatic heterocycles. The summed E-state index contributed by atoms with van der Waals surface area (Å²) in [5, 5.41) is 12.2. The van der Waals surface area contributed by atoms with Gasteiger partial charge >= 0.3 is 12.4 Å². The highest BCUT2D eigenvalue weighted by Gasteiger charge is 2.42. The molecule has 0 saturated heterocycles. The number of hydrogen-bond donors (Lipinski definition) is 0. The number of allylic oxidation sites excluding steroid dienone is 1. The molecule has 0 aliphatic carbocycles. The Morgan fingerprint density at radius 3 is 2.15 bits per heavy atom. The van der Waals surface area contributed by atoms with Crippen LogP contribution in [0.5, 0.6) is 0 Å². The van der Waals surface area contributed by atoms with Crippen molar-refractivity contribution in [3.8, 4) is 11.8 Å². The Balaban J connectivity index is 1.99. The zero-order valence-electron chi connectivity index (χ0n) is 16.0. The summed E-state index contributed by atoms with van der Waals surface area (Å²) in [4.78, 5) is 12.4. The average molecular weight is 471 g/mol. The van der Waals surface area contributed by atoms with Crippen molar-refractivity contribution in [2.75, 3.05) is 0 Å². The predicted octanol–water partition coefficient (Wildman–Crippen LogP) is 5.98. The van der Waals surface area contributed by atoms with Gasteiger partial charge in [0.05, 0.1) is 11.3 Å². The second-order valence-corrected chi connectivity index (χ2v) is 6.51. The van der Waals surface area contributed by atoms with Crippen LogP contribution in [0.4, 0.5) is 35.1 Å². The highest BCUT2D eigenvalue weighted by molar-refractivity contribution is 6.14. The zero-order valence-corrected chi connectivity index (χ0v) is 16.0. The van der Waals surface area contributed by atoms with Crippen molar-refractivity contribution in [1.82, 2.24) is 9.78 Å². The first kappa shape index (κ1) is 23.6. The van der Waals surface area contributed by atoms with Gasteiger partial charge in [-0.3, -0.25) is 4.79 Å². The minimum Gasteiger partial charge on any atom is -0.288 e. The van der Waals surface area contributed by atoms with Crippen molar-refractivity contribution in [2.45, 2.75) is 12.4 Å². The van der Waals surface area contributed by atoms with Gasteiger partial charge < -0.3 is 0 Å². The molecule has 0 N–H and O–H groups in total. The predicted molar refractivity (Wildman–Crippen MR) is 97.8 cm³/mol. The van der Waals surface area contributed by atoms with Gasteiger partial charge in [0.25, 0.3) is 0 Å². The van der Waals surface area contributed by atoms with Gasteiger partial charge in [-0.2, -0.15) is 36.7 Å². The number of Topliss-reactive ketones (excluding diaryl/α,β-unsaturated/α-hetero) is 1. The Morgan fingerprint density at radius 1 is 0.970 bits per heavy atom. The topological polar surface area (TPSA) is 58.7 Å². The van der Waals surface area contributed by atoms with E-state index in [-0.39, 0.29) is 22.0 Å². The molecule has 3 aromatic rings. The molecule has 33 heavy (non-hydrogen) atoms. The van der Waals surface area contributed by atoms with Crippen LogP contribution in [-0.2, 0) is 12.4 Å². The van der Waals surface area contributed by atoms with Crippen molar-refractivity contribution in [3.05, 3.63) is 88.3 Å². The number of aromatic nitrogens is 2. The first-order valence-electron chi connectivity index (χ1n) is 8.78. The molecule has 170 valence electrons. The van der Waals surface area contributed by atoms with Crippen LogP contribution in [0.1, 0.15) is 27.3 Å². The van der Waals surface area contributed by atoms with Crippen LogP contribution in [-0.4, -0.2) is 15.6 Å². The lowest BCUT2D eigenvalue weighted by atomic mass is 10.0. The lowest BCUT2D eigenvalue weighted by Crippen LogP contribution is -2.13. The molecule has 3 rings (SSSR count). The minimum atomic E-state index is -5.13. The molecule has 0 bridgehead atoms. The lowest BCUT2D eigenvalue weighted by molar-refractivity contribution is -0.143. The Hall–Kier alpha value is -4.01. The fourth-order valence-corrected chi connectivity index (χ4v) is 2.77. The molecule has 12 heteroatoms. The van der Waals surface area contributed by atoms with Gasteiger partial charge in [-0.25, -0.2) is 13.5 Å². The van der Waals surface area contributed by atoms with E-state index in [1.54, 1.807) is 0 Å². The third kappa shape index (κ3) is 4.92. The SMILES string of the molecule is N#C/C(=C\c1ccc(-n2nc(C(F)(F)F)cc2C(F)(F)F)cc1)C(=O)c1cccc(F)c1F. The van der Waals surface area contributed by atoms with Crippen LogP contribution >= 0.6 is 0 Å². The first-order chi connectivity index (χ1) is 15.3. The van der Waals surface area contributed by atoms with E-state index in [0.29, 0.717) is 0 Å². The average Bonchev–Trinajstić information content (AvgIpc) is 3.21. The van der Waals surface area contributed by atoms with Gasteiger partial charge in [0.15, 0.2) is 17.3 Å². The molecule has 0 spiro atoms. The number of carbonyl (C=O) groups is 1. The monoisotopic (exact) mass is 471 g/mol. The Kier molecular flexibility index (Phi) is 6.09. The molecule has 0 unspecified atom stereocenters. The molecule has 0 aliphatic rings. The molecule has 2 aromatic carbocycles. The lowest BCUT2D eigenvalue weighted by Gasteiger charge is -2.10. The highest BCUT2D eigenvalue weighted by Crippen LogP contribution is 2.36. The van der Waals surface area contributed by atoms with E-state index in [4.69, 9.17) is 0 Å². The number of nitrogens with zero attached hydrogens (tertiary/aromatic N) is 3. The number of benzene rings is 2. The molecule has 1 heterocycles. The number of ketones is 1. The number of carbonyl (C=O) groups excluding carboxylic acids is 1. The van der Waals surface area contributed by atoms with Crippen LogP contribution in [0.2, 0.25) is 0 Å². The number of nitriles is 1. The van der Waals surface area contributed by atoms with Gasteiger partial charge in [0.1, 0.15) is 17.3 Å². The van der Waals surface area contributed by atoms with E-state index >= 15 is 0 Å². The summed E-state index contributed by atoms with van der Waals surface area (Å²) in [6.45, 7) is 0. The Labute approximate surface area is 180 Å². The van der Waals surface area contributed by atoms with Gasteiger partial charge in [0.2, 0.25) is 5.78 Å². The second-order valence-electron chi connectivity index (χ2n) is 6.51. The third-order valence-corrected chi connectivity index (χ3v) is 4.30. The van der Waals surface area contributed by atoms with E-state index in [1.807, 2.05) is 0 Å². The quantitative estimate of drug-likeness (QED) is 0.204. The minimum absolute atomic E-state index is 0.0643. The van der Waals surface area contributed by atoms with E-state index in [1.165, 1.54) is 6.07 Å². The molecule has 0 fully saturated rings. The molecule has 4 nitrogen and oxygen atoms in total. The van der Waals surface area contributed by atoms with Crippen molar-refractivity contribution in [2.24, 2.45) is 0 Å². The maximum absolute atomic E-state index is 13.8. The van der Waals surface area contributed by atoms with Crippen molar-refractivity contribution in [3.63, 3.8) is 0 Å². The number of rotatable bonds is 4. The van der Waals surface area contributed by atoms with E-state index in [0.717, 1.165) is 48.5 Å². The third-order valence-electron chi connectivity index (χ3n) is 4.30. The molecule has 0 radical (unpaired) electrons. The van der Waals surface area contributed by atoms with E-state index in [2.05, 4.69) is 5.10 Å². The maximum Gasteiger partial charge on any atom is 0.435 e. The van der Waals surface area contributed by atoms with Crippen molar-refractivity contribution in [1.29, 1.82) is 5.26 Å².